The second-order valence-electron chi connectivity index (χ2n) is 4.91. The van der Waals surface area contributed by atoms with Crippen LogP contribution in [0.15, 0.2) is 42.0 Å². The fourth-order valence-corrected chi connectivity index (χ4v) is 3.04. The fourth-order valence-electron chi connectivity index (χ4n) is 2.08. The highest BCUT2D eigenvalue weighted by Gasteiger charge is 2.05. The molecule has 0 saturated heterocycles. The second kappa shape index (κ2) is 5.05. The van der Waals surface area contributed by atoms with Crippen molar-refractivity contribution in [3.8, 4) is 0 Å². The molecule has 1 aromatic carbocycles. The highest BCUT2D eigenvalue weighted by atomic mass is 32.1. The molecule has 1 N–H and O–H groups in total. The predicted octanol–water partition coefficient (Wildman–Crippen LogP) is 4.29. The van der Waals surface area contributed by atoms with E-state index in [1.807, 2.05) is 10.9 Å². The average Bonchev–Trinajstić information content (AvgIpc) is 3.03. The molecule has 0 atom stereocenters. The van der Waals surface area contributed by atoms with Gasteiger partial charge in [-0.15, -0.1) is 11.3 Å². The van der Waals surface area contributed by atoms with Gasteiger partial charge in [0.25, 0.3) is 0 Å². The van der Waals surface area contributed by atoms with Crippen LogP contribution in [0.2, 0.25) is 0 Å². The molecule has 0 bridgehead atoms. The SMILES string of the molecule is CC(C)n1cc(NCc2csc3ccccc23)cn1. The molecule has 0 radical (unpaired) electrons. The molecule has 0 aliphatic heterocycles. The number of hydrogen-bond donors (Lipinski definition) is 1. The quantitative estimate of drug-likeness (QED) is 0.767. The first kappa shape index (κ1) is 12.2. The molecular formula is C15H17N3S. The molecule has 2 aromatic heterocycles. The van der Waals surface area contributed by atoms with Crippen molar-refractivity contribution in [1.29, 1.82) is 0 Å². The van der Waals surface area contributed by atoms with Crippen LogP contribution < -0.4 is 5.32 Å². The van der Waals surface area contributed by atoms with E-state index >= 15 is 0 Å². The highest BCUT2D eigenvalue weighted by molar-refractivity contribution is 7.17. The Labute approximate surface area is 116 Å². The number of anilines is 1. The lowest BCUT2D eigenvalue weighted by Gasteiger charge is -2.04. The minimum Gasteiger partial charge on any atom is -0.378 e. The van der Waals surface area contributed by atoms with Crippen LogP contribution in [0.25, 0.3) is 10.1 Å². The second-order valence-corrected chi connectivity index (χ2v) is 5.82. The lowest BCUT2D eigenvalue weighted by atomic mass is 10.2. The third-order valence-electron chi connectivity index (χ3n) is 3.17. The first-order valence-electron chi connectivity index (χ1n) is 6.47. The summed E-state index contributed by atoms with van der Waals surface area (Å²) < 4.78 is 3.31. The van der Waals surface area contributed by atoms with E-state index in [0.29, 0.717) is 6.04 Å². The van der Waals surface area contributed by atoms with Crippen molar-refractivity contribution in [2.75, 3.05) is 5.32 Å². The lowest BCUT2D eigenvalue weighted by molar-refractivity contribution is 0.532. The van der Waals surface area contributed by atoms with Crippen molar-refractivity contribution >= 4 is 27.1 Å². The number of thiophene rings is 1. The summed E-state index contributed by atoms with van der Waals surface area (Å²) in [5.41, 5.74) is 2.42. The smallest absolute Gasteiger partial charge is 0.0729 e. The first-order chi connectivity index (χ1) is 9.24. The molecule has 19 heavy (non-hydrogen) atoms. The van der Waals surface area contributed by atoms with E-state index < -0.39 is 0 Å². The molecule has 0 unspecified atom stereocenters. The molecule has 4 heteroatoms. The van der Waals surface area contributed by atoms with Crippen molar-refractivity contribution in [3.63, 3.8) is 0 Å². The molecular weight excluding hydrogens is 254 g/mol. The molecule has 3 aromatic rings. The van der Waals surface area contributed by atoms with Crippen LogP contribution in [-0.2, 0) is 6.54 Å². The van der Waals surface area contributed by atoms with Crippen LogP contribution in [0.4, 0.5) is 5.69 Å². The molecule has 3 nitrogen and oxygen atoms in total. The number of benzene rings is 1. The molecule has 0 saturated carbocycles. The summed E-state index contributed by atoms with van der Waals surface area (Å²) in [7, 11) is 0. The summed E-state index contributed by atoms with van der Waals surface area (Å²) in [5.74, 6) is 0. The number of nitrogens with zero attached hydrogens (tertiary/aromatic N) is 2. The standard InChI is InChI=1S/C15H17N3S/c1-11(2)18-9-13(8-17-18)16-7-12-10-19-15-6-4-3-5-14(12)15/h3-6,8-11,16H,7H2,1-2H3. The Morgan fingerprint density at radius 3 is 2.95 bits per heavy atom. The number of nitrogens with one attached hydrogen (secondary N) is 1. The topological polar surface area (TPSA) is 29.9 Å². The molecule has 0 spiro atoms. The van der Waals surface area contributed by atoms with Crippen LogP contribution in [0.1, 0.15) is 25.5 Å². The Morgan fingerprint density at radius 2 is 2.16 bits per heavy atom. The van der Waals surface area contributed by atoms with Gasteiger partial charge in [-0.1, -0.05) is 18.2 Å². The highest BCUT2D eigenvalue weighted by Crippen LogP contribution is 2.26. The Morgan fingerprint density at radius 1 is 1.32 bits per heavy atom. The van der Waals surface area contributed by atoms with Crippen LogP contribution in [-0.4, -0.2) is 9.78 Å². The van der Waals surface area contributed by atoms with Crippen molar-refractivity contribution in [2.24, 2.45) is 0 Å². The maximum absolute atomic E-state index is 4.33. The summed E-state index contributed by atoms with van der Waals surface area (Å²) in [5, 5.41) is 11.3. The Bertz CT molecular complexity index is 681. The van der Waals surface area contributed by atoms with E-state index in [0.717, 1.165) is 12.2 Å². The van der Waals surface area contributed by atoms with Crippen LogP contribution in [0, 0.1) is 0 Å². The summed E-state index contributed by atoms with van der Waals surface area (Å²) in [4.78, 5) is 0. The maximum atomic E-state index is 4.33. The van der Waals surface area contributed by atoms with E-state index in [1.54, 1.807) is 11.3 Å². The third kappa shape index (κ3) is 2.49. The monoisotopic (exact) mass is 271 g/mol. The zero-order valence-electron chi connectivity index (χ0n) is 11.1. The van der Waals surface area contributed by atoms with Gasteiger partial charge in [-0.3, -0.25) is 4.68 Å². The minimum absolute atomic E-state index is 0.400. The average molecular weight is 271 g/mol. The molecule has 0 fully saturated rings. The Hall–Kier alpha value is -1.81. The van der Waals surface area contributed by atoms with Crippen LogP contribution >= 0.6 is 11.3 Å². The van der Waals surface area contributed by atoms with E-state index in [2.05, 4.69) is 60.1 Å². The molecule has 0 aliphatic rings. The summed E-state index contributed by atoms with van der Waals surface area (Å²) in [6.07, 6.45) is 3.94. The summed E-state index contributed by atoms with van der Waals surface area (Å²) >= 11 is 1.80. The third-order valence-corrected chi connectivity index (χ3v) is 4.19. The van der Waals surface area contributed by atoms with E-state index in [1.165, 1.54) is 15.6 Å². The summed E-state index contributed by atoms with van der Waals surface area (Å²) in [6.45, 7) is 5.10. The normalized spacial score (nSPS) is 11.3. The molecule has 2 heterocycles. The lowest BCUT2D eigenvalue weighted by Crippen LogP contribution is -2.00. The van der Waals surface area contributed by atoms with Crippen LogP contribution in [0.3, 0.4) is 0 Å². The molecule has 0 aliphatic carbocycles. The van der Waals surface area contributed by atoms with E-state index in [9.17, 15) is 0 Å². The van der Waals surface area contributed by atoms with Crippen molar-refractivity contribution in [3.05, 3.63) is 47.6 Å². The molecule has 0 amide bonds. The first-order valence-corrected chi connectivity index (χ1v) is 7.35. The minimum atomic E-state index is 0.400. The molecule has 3 rings (SSSR count). The Kier molecular flexibility index (Phi) is 3.25. The van der Waals surface area contributed by atoms with E-state index in [-0.39, 0.29) is 0 Å². The zero-order valence-corrected chi connectivity index (χ0v) is 11.9. The Balaban J connectivity index is 1.75. The van der Waals surface area contributed by atoms with E-state index in [4.69, 9.17) is 0 Å². The van der Waals surface area contributed by atoms with Gasteiger partial charge < -0.3 is 5.32 Å². The number of aromatic nitrogens is 2. The van der Waals surface area contributed by atoms with Crippen molar-refractivity contribution in [1.82, 2.24) is 9.78 Å². The van der Waals surface area contributed by atoms with Gasteiger partial charge in [-0.25, -0.2) is 0 Å². The maximum Gasteiger partial charge on any atom is 0.0729 e. The van der Waals surface area contributed by atoms with Gasteiger partial charge in [0.2, 0.25) is 0 Å². The van der Waals surface area contributed by atoms with Gasteiger partial charge in [-0.05, 0) is 36.2 Å². The van der Waals surface area contributed by atoms with Gasteiger partial charge in [0, 0.05) is 23.5 Å². The predicted molar refractivity (Wildman–Crippen MR) is 81.8 cm³/mol. The number of hydrogen-bond acceptors (Lipinski definition) is 3. The zero-order chi connectivity index (χ0) is 13.2. The fraction of sp³-hybridized carbons (Fsp3) is 0.267. The number of fused-ring (bicyclic) bond motifs is 1. The largest absolute Gasteiger partial charge is 0.378 e. The van der Waals surface area contributed by atoms with Crippen molar-refractivity contribution in [2.45, 2.75) is 26.4 Å². The molecule has 98 valence electrons. The van der Waals surface area contributed by atoms with Crippen LogP contribution in [0.5, 0.6) is 0 Å². The van der Waals surface area contributed by atoms with Gasteiger partial charge in [0.15, 0.2) is 0 Å². The van der Waals surface area contributed by atoms with Crippen molar-refractivity contribution < 1.29 is 0 Å². The van der Waals surface area contributed by atoms with Gasteiger partial charge in [0.1, 0.15) is 0 Å². The van der Waals surface area contributed by atoms with Gasteiger partial charge in [-0.2, -0.15) is 5.10 Å². The van der Waals surface area contributed by atoms with Gasteiger partial charge in [0.05, 0.1) is 11.9 Å². The van der Waals surface area contributed by atoms with Gasteiger partial charge >= 0.3 is 0 Å². The summed E-state index contributed by atoms with van der Waals surface area (Å²) in [6, 6.07) is 8.93. The number of rotatable bonds is 4.